The Morgan fingerprint density at radius 3 is 2.61 bits per heavy atom. The molecule has 2 aromatic carbocycles. The first-order valence-electron chi connectivity index (χ1n) is 12.3. The molecule has 0 saturated carbocycles. The van der Waals surface area contributed by atoms with E-state index in [1.807, 2.05) is 18.7 Å². The highest BCUT2D eigenvalue weighted by atomic mass is 19.2. The van der Waals surface area contributed by atoms with Crippen molar-refractivity contribution in [1.29, 1.82) is 0 Å². The van der Waals surface area contributed by atoms with Crippen molar-refractivity contribution in [3.8, 4) is 11.1 Å². The van der Waals surface area contributed by atoms with Crippen molar-refractivity contribution in [1.82, 2.24) is 19.6 Å². The fourth-order valence-corrected chi connectivity index (χ4v) is 5.70. The number of imidazole rings is 1. The van der Waals surface area contributed by atoms with Crippen molar-refractivity contribution < 1.29 is 18.0 Å². The molecule has 2 aromatic heterocycles. The first-order chi connectivity index (χ1) is 17.4. The number of anilines is 1. The second-order valence-electron chi connectivity index (χ2n) is 9.86. The average Bonchev–Trinajstić information content (AvgIpc) is 3.56. The van der Waals surface area contributed by atoms with Gasteiger partial charge in [-0.15, -0.1) is 0 Å². The van der Waals surface area contributed by atoms with Crippen LogP contribution in [0.3, 0.4) is 0 Å². The van der Waals surface area contributed by atoms with Crippen molar-refractivity contribution >= 4 is 16.7 Å². The molecule has 188 valence electrons. The van der Waals surface area contributed by atoms with Gasteiger partial charge in [0.05, 0.1) is 29.4 Å². The summed E-state index contributed by atoms with van der Waals surface area (Å²) in [6.07, 6.45) is 1.72. The van der Waals surface area contributed by atoms with Gasteiger partial charge in [0.25, 0.3) is 0 Å². The smallest absolute Gasteiger partial charge is 0.160 e. The number of nitrogens with zero attached hydrogens (tertiary/aromatic N) is 5. The molecular weight excluding hydrogens is 464 g/mol. The van der Waals surface area contributed by atoms with Crippen LogP contribution in [0.15, 0.2) is 40.9 Å². The molecule has 0 radical (unpaired) electrons. The van der Waals surface area contributed by atoms with E-state index >= 15 is 0 Å². The van der Waals surface area contributed by atoms with Gasteiger partial charge in [-0.2, -0.15) is 0 Å². The third-order valence-corrected chi connectivity index (χ3v) is 7.45. The molecule has 2 aliphatic rings. The number of likely N-dealkylation sites (N-methyl/N-ethyl adjacent to an activating group) is 1. The van der Waals surface area contributed by atoms with Crippen LogP contribution in [0.25, 0.3) is 22.2 Å². The van der Waals surface area contributed by atoms with Crippen LogP contribution in [-0.2, 0) is 4.74 Å². The van der Waals surface area contributed by atoms with Crippen molar-refractivity contribution in [2.75, 3.05) is 38.4 Å². The molecule has 0 spiro atoms. The van der Waals surface area contributed by atoms with Gasteiger partial charge < -0.3 is 23.6 Å². The number of rotatable bonds is 4. The van der Waals surface area contributed by atoms with Crippen molar-refractivity contribution in [3.05, 3.63) is 65.3 Å². The second kappa shape index (κ2) is 8.97. The molecule has 0 N–H and O–H groups in total. The first kappa shape index (κ1) is 23.1. The molecule has 0 bridgehead atoms. The van der Waals surface area contributed by atoms with E-state index in [9.17, 15) is 8.78 Å². The van der Waals surface area contributed by atoms with Crippen LogP contribution in [-0.4, -0.2) is 53.1 Å². The van der Waals surface area contributed by atoms with E-state index in [0.29, 0.717) is 18.7 Å². The second-order valence-corrected chi connectivity index (χ2v) is 9.86. The summed E-state index contributed by atoms with van der Waals surface area (Å²) in [6, 6.07) is 10.5. The highest BCUT2D eigenvalue weighted by Crippen LogP contribution is 2.39. The summed E-state index contributed by atoms with van der Waals surface area (Å²) < 4.78 is 41.4. The van der Waals surface area contributed by atoms with Gasteiger partial charge in [-0.3, -0.25) is 0 Å². The van der Waals surface area contributed by atoms with Crippen LogP contribution in [0, 0.1) is 25.5 Å². The van der Waals surface area contributed by atoms with E-state index in [1.54, 1.807) is 6.07 Å². The van der Waals surface area contributed by atoms with Crippen LogP contribution in [0.5, 0.6) is 0 Å². The Labute approximate surface area is 208 Å². The fraction of sp³-hybridized carbons (Fsp3) is 0.407. The topological polar surface area (TPSA) is 59.6 Å². The lowest BCUT2D eigenvalue weighted by Crippen LogP contribution is -2.38. The number of ether oxygens (including phenoxy) is 1. The Hall–Kier alpha value is -3.30. The maximum Gasteiger partial charge on any atom is 0.160 e. The minimum Gasteiger partial charge on any atom is -0.361 e. The highest BCUT2D eigenvalue weighted by Gasteiger charge is 2.34. The molecule has 2 aliphatic heterocycles. The minimum absolute atomic E-state index is 0.135. The van der Waals surface area contributed by atoms with E-state index in [4.69, 9.17) is 14.2 Å². The summed E-state index contributed by atoms with van der Waals surface area (Å²) in [6.45, 7) is 6.66. The zero-order chi connectivity index (χ0) is 25.0. The minimum atomic E-state index is -0.869. The van der Waals surface area contributed by atoms with Crippen LogP contribution in [0.1, 0.15) is 42.2 Å². The van der Waals surface area contributed by atoms with Gasteiger partial charge in [-0.1, -0.05) is 11.2 Å². The standard InChI is InChI=1S/C27H29F2N5O2/c1-16-26(17(2)36-31-16)18-4-7-24-23(12-18)30-27(34(24)20-8-10-32(3)14-20)25-9-11-35-15-33(25)19-5-6-21(28)22(29)13-19/h4-7,12-13,20,25H,8-11,14-15H2,1-3H3/t20-,25-/m0/s1. The summed E-state index contributed by atoms with van der Waals surface area (Å²) in [5, 5.41) is 4.11. The number of hydrogen-bond donors (Lipinski definition) is 0. The lowest BCUT2D eigenvalue weighted by molar-refractivity contribution is 0.0846. The third-order valence-electron chi connectivity index (χ3n) is 7.45. The molecule has 2 atom stereocenters. The van der Waals surface area contributed by atoms with Crippen LogP contribution < -0.4 is 4.90 Å². The highest BCUT2D eigenvalue weighted by molar-refractivity contribution is 5.84. The molecule has 4 aromatic rings. The van der Waals surface area contributed by atoms with Gasteiger partial charge in [0.1, 0.15) is 18.3 Å². The number of hydrogen-bond acceptors (Lipinski definition) is 6. The largest absolute Gasteiger partial charge is 0.361 e. The summed E-state index contributed by atoms with van der Waals surface area (Å²) >= 11 is 0. The Bertz CT molecular complexity index is 1410. The van der Waals surface area contributed by atoms with Gasteiger partial charge >= 0.3 is 0 Å². The molecule has 0 amide bonds. The van der Waals surface area contributed by atoms with Gasteiger partial charge in [0, 0.05) is 29.9 Å². The molecule has 36 heavy (non-hydrogen) atoms. The molecule has 2 fully saturated rings. The summed E-state index contributed by atoms with van der Waals surface area (Å²) in [7, 11) is 2.14. The number of fused-ring (bicyclic) bond motifs is 1. The zero-order valence-corrected chi connectivity index (χ0v) is 20.7. The predicted octanol–water partition coefficient (Wildman–Crippen LogP) is 5.39. The number of aromatic nitrogens is 3. The zero-order valence-electron chi connectivity index (χ0n) is 20.7. The summed E-state index contributed by atoms with van der Waals surface area (Å²) in [5.74, 6) is -0.0275. The third kappa shape index (κ3) is 3.87. The number of likely N-dealkylation sites (tertiary alicyclic amines) is 1. The Kier molecular flexibility index (Phi) is 5.76. The number of benzene rings is 2. The molecule has 4 heterocycles. The van der Waals surface area contributed by atoms with E-state index in [0.717, 1.165) is 58.9 Å². The number of aryl methyl sites for hydroxylation is 2. The van der Waals surface area contributed by atoms with Crippen molar-refractivity contribution in [2.45, 2.75) is 38.8 Å². The maximum atomic E-state index is 14.2. The Morgan fingerprint density at radius 1 is 1.03 bits per heavy atom. The van der Waals surface area contributed by atoms with Crippen LogP contribution in [0.4, 0.5) is 14.5 Å². The molecule has 7 nitrogen and oxygen atoms in total. The summed E-state index contributed by atoms with van der Waals surface area (Å²) in [5.41, 5.74) is 5.40. The molecule has 0 aliphatic carbocycles. The predicted molar refractivity (Wildman–Crippen MR) is 133 cm³/mol. The molecule has 0 unspecified atom stereocenters. The molecule has 6 rings (SSSR count). The summed E-state index contributed by atoms with van der Waals surface area (Å²) in [4.78, 5) is 9.49. The molecular formula is C27H29F2N5O2. The SMILES string of the molecule is Cc1noc(C)c1-c1ccc2c(c1)nc([C@@H]1CCOCN1c1ccc(F)c(F)c1)n2[C@H]1CCN(C)C1. The molecule has 9 heteroatoms. The Morgan fingerprint density at radius 2 is 1.89 bits per heavy atom. The van der Waals surface area contributed by atoms with Gasteiger partial charge in [0.2, 0.25) is 0 Å². The monoisotopic (exact) mass is 493 g/mol. The van der Waals surface area contributed by atoms with Gasteiger partial charge in [-0.05, 0) is 70.1 Å². The normalized spacial score (nSPS) is 21.1. The van der Waals surface area contributed by atoms with E-state index in [1.165, 1.54) is 12.1 Å². The number of halogens is 2. The lowest BCUT2D eigenvalue weighted by atomic mass is 10.0. The van der Waals surface area contributed by atoms with Crippen LogP contribution in [0.2, 0.25) is 0 Å². The van der Waals surface area contributed by atoms with E-state index in [2.05, 4.69) is 39.9 Å². The van der Waals surface area contributed by atoms with Crippen molar-refractivity contribution in [2.24, 2.45) is 0 Å². The average molecular weight is 494 g/mol. The van der Waals surface area contributed by atoms with Gasteiger partial charge in [0.15, 0.2) is 11.6 Å². The van der Waals surface area contributed by atoms with Crippen molar-refractivity contribution in [3.63, 3.8) is 0 Å². The van der Waals surface area contributed by atoms with E-state index in [-0.39, 0.29) is 18.8 Å². The van der Waals surface area contributed by atoms with Crippen LogP contribution >= 0.6 is 0 Å². The fourth-order valence-electron chi connectivity index (χ4n) is 5.70. The molecule has 2 saturated heterocycles. The quantitative estimate of drug-likeness (QED) is 0.380. The lowest BCUT2D eigenvalue weighted by Gasteiger charge is -2.37. The first-order valence-corrected chi connectivity index (χ1v) is 12.3. The Balaban J connectivity index is 1.50. The van der Waals surface area contributed by atoms with Gasteiger partial charge in [-0.25, -0.2) is 13.8 Å². The van der Waals surface area contributed by atoms with E-state index < -0.39 is 11.6 Å². The maximum absolute atomic E-state index is 14.2.